The molecule has 0 aliphatic carbocycles. The molecule has 234 valence electrons. The Hall–Kier alpha value is -3.39. The quantitative estimate of drug-likeness (QED) is 0.271. The van der Waals surface area contributed by atoms with Crippen LogP contribution in [-0.4, -0.2) is 44.4 Å². The second-order valence-corrected chi connectivity index (χ2v) is 12.3. The first-order valence-electron chi connectivity index (χ1n) is 13.4. The van der Waals surface area contributed by atoms with E-state index >= 15 is 0 Å². The molecule has 1 aliphatic heterocycles. The van der Waals surface area contributed by atoms with Crippen molar-refractivity contribution in [1.82, 2.24) is 15.2 Å². The topological polar surface area (TPSA) is 112 Å². The molecule has 15 heteroatoms. The number of oxime groups is 1. The predicted molar refractivity (Wildman–Crippen MR) is 141 cm³/mol. The molecule has 0 radical (unpaired) electrons. The third kappa shape index (κ3) is 8.12. The number of carbonyl (C=O) groups excluding carboxylic acids is 1. The minimum absolute atomic E-state index is 0.0178. The highest BCUT2D eigenvalue weighted by molar-refractivity contribution is 6.01. The average molecular weight is 608 g/mol. The summed E-state index contributed by atoms with van der Waals surface area (Å²) in [7, 11) is 0. The van der Waals surface area contributed by atoms with Gasteiger partial charge in [-0.25, -0.2) is 9.78 Å². The molecule has 3 rings (SSSR count). The lowest BCUT2D eigenvalue weighted by Gasteiger charge is -2.28. The number of hydrogen-bond donors (Lipinski definition) is 1. The molecule has 1 atom stereocenters. The molecule has 1 amide bonds. The first kappa shape index (κ1) is 33.1. The maximum Gasteiger partial charge on any atom is 0.418 e. The van der Waals surface area contributed by atoms with Crippen LogP contribution in [0.5, 0.6) is 0 Å². The summed E-state index contributed by atoms with van der Waals surface area (Å²) in [6, 6.07) is 0.590. The van der Waals surface area contributed by atoms with Gasteiger partial charge in [0, 0.05) is 0 Å². The maximum absolute atomic E-state index is 14.4. The van der Waals surface area contributed by atoms with Gasteiger partial charge >= 0.3 is 18.4 Å². The van der Waals surface area contributed by atoms with Crippen LogP contribution in [0, 0.1) is 0 Å². The Morgan fingerprint density at radius 1 is 0.952 bits per heavy atom. The Kier molecular flexibility index (Phi) is 9.23. The molecule has 1 N–H and O–H groups in total. The molecule has 0 aromatic carbocycles. The zero-order chi connectivity index (χ0) is 31.7. The van der Waals surface area contributed by atoms with Crippen molar-refractivity contribution in [3.63, 3.8) is 0 Å². The number of hydrogen-bond acceptors (Lipinski definition) is 8. The number of carbonyl (C=O) groups is 1. The summed E-state index contributed by atoms with van der Waals surface area (Å²) in [6.45, 7) is 10.5. The molecule has 2 aromatic heterocycles. The van der Waals surface area contributed by atoms with Crippen molar-refractivity contribution in [2.24, 2.45) is 5.16 Å². The Bertz CT molecular complexity index is 1310. The van der Waals surface area contributed by atoms with Gasteiger partial charge in [0.25, 0.3) is 5.89 Å². The van der Waals surface area contributed by atoms with Crippen LogP contribution in [0.4, 0.5) is 36.8 Å². The Labute approximate surface area is 239 Å². The summed E-state index contributed by atoms with van der Waals surface area (Å²) < 4.78 is 96.7. The molecule has 9 nitrogen and oxygen atoms in total. The van der Waals surface area contributed by atoms with Crippen molar-refractivity contribution < 1.29 is 45.1 Å². The number of fused-ring (bicyclic) bond motifs is 5. The average Bonchev–Trinajstić information content (AvgIpc) is 3.29. The number of pyridine rings is 1. The van der Waals surface area contributed by atoms with Gasteiger partial charge in [-0.3, -0.25) is 5.32 Å². The third-order valence-corrected chi connectivity index (χ3v) is 6.23. The lowest BCUT2D eigenvalue weighted by atomic mass is 9.83. The molecule has 42 heavy (non-hydrogen) atoms. The molecule has 0 spiro atoms. The highest BCUT2D eigenvalue weighted by atomic mass is 19.4. The van der Waals surface area contributed by atoms with E-state index in [0.717, 1.165) is 6.92 Å². The van der Waals surface area contributed by atoms with Crippen LogP contribution < -0.4 is 5.32 Å². The minimum Gasteiger partial charge on any atom is -0.444 e. The summed E-state index contributed by atoms with van der Waals surface area (Å²) in [5.74, 6) is -1.41. The first-order valence-corrected chi connectivity index (χ1v) is 13.4. The van der Waals surface area contributed by atoms with Gasteiger partial charge in [-0.1, -0.05) is 24.4 Å². The van der Waals surface area contributed by atoms with Crippen molar-refractivity contribution in [1.29, 1.82) is 0 Å². The highest BCUT2D eigenvalue weighted by Gasteiger charge is 2.55. The molecule has 1 aliphatic rings. The maximum atomic E-state index is 14.4. The normalized spacial score (nSPS) is 20.2. The van der Waals surface area contributed by atoms with Gasteiger partial charge in [0.05, 0.1) is 11.3 Å². The fourth-order valence-electron chi connectivity index (χ4n) is 4.06. The molecule has 3 heterocycles. The molecular weight excluding hydrogens is 572 g/mol. The van der Waals surface area contributed by atoms with Crippen LogP contribution in [0.1, 0.15) is 104 Å². The number of aromatic nitrogens is 3. The summed E-state index contributed by atoms with van der Waals surface area (Å²) in [6.07, 6.45) is -10.0. The molecule has 0 saturated heterocycles. The number of amides is 1. The second-order valence-electron chi connectivity index (χ2n) is 12.3. The monoisotopic (exact) mass is 607 g/mol. The summed E-state index contributed by atoms with van der Waals surface area (Å²) in [5, 5.41) is 13.5. The van der Waals surface area contributed by atoms with E-state index in [-0.39, 0.29) is 25.0 Å². The van der Waals surface area contributed by atoms with Crippen molar-refractivity contribution in [3.05, 3.63) is 23.2 Å². The number of nitrogens with zero attached hydrogens (tertiary/aromatic N) is 4. The number of rotatable bonds is 2. The number of halogens is 6. The van der Waals surface area contributed by atoms with Gasteiger partial charge in [0.1, 0.15) is 28.0 Å². The molecular formula is C27H35F6N5O4. The van der Waals surface area contributed by atoms with Crippen LogP contribution in [0.3, 0.4) is 0 Å². The zero-order valence-corrected chi connectivity index (χ0v) is 24.5. The minimum atomic E-state index is -4.98. The highest BCUT2D eigenvalue weighted by Crippen LogP contribution is 2.45. The lowest BCUT2D eigenvalue weighted by Crippen LogP contribution is -2.40. The summed E-state index contributed by atoms with van der Waals surface area (Å²) in [4.78, 5) is 22.2. The van der Waals surface area contributed by atoms with E-state index in [2.05, 4.69) is 25.7 Å². The number of alkyl halides is 6. The second kappa shape index (κ2) is 11.7. The largest absolute Gasteiger partial charge is 0.444 e. The van der Waals surface area contributed by atoms with Crippen molar-refractivity contribution in [2.75, 3.05) is 5.32 Å². The van der Waals surface area contributed by atoms with Gasteiger partial charge in [0.15, 0.2) is 5.69 Å². The Morgan fingerprint density at radius 2 is 1.60 bits per heavy atom. The fraction of sp³-hybridized carbons (Fsp3) is 0.667. The lowest BCUT2D eigenvalue weighted by molar-refractivity contribution is -0.194. The third-order valence-electron chi connectivity index (χ3n) is 6.23. The molecule has 4 bridgehead atoms. The molecule has 0 saturated carbocycles. The van der Waals surface area contributed by atoms with Crippen LogP contribution in [0.15, 0.2) is 15.6 Å². The zero-order valence-electron chi connectivity index (χ0n) is 24.5. The molecule has 2 aromatic rings. The number of anilines is 1. The SMILES string of the molecule is CC(C)(C)ON=C1CCCCCC[C@](C)(C(F)(F)F)c2nnc(o2)-c2nc1c(C(F)(F)F)cc2NC(=O)OC(C)(C)C. The summed E-state index contributed by atoms with van der Waals surface area (Å²) in [5.41, 5.74) is -7.50. The van der Waals surface area contributed by atoms with E-state index in [9.17, 15) is 31.1 Å². The van der Waals surface area contributed by atoms with E-state index in [1.54, 1.807) is 41.5 Å². The van der Waals surface area contributed by atoms with Crippen LogP contribution in [-0.2, 0) is 21.2 Å². The van der Waals surface area contributed by atoms with Crippen molar-refractivity contribution in [3.8, 4) is 11.6 Å². The van der Waals surface area contributed by atoms with E-state index in [1.807, 2.05) is 0 Å². The van der Waals surface area contributed by atoms with Gasteiger partial charge in [-0.2, -0.15) is 26.3 Å². The van der Waals surface area contributed by atoms with E-state index in [0.29, 0.717) is 25.3 Å². The van der Waals surface area contributed by atoms with E-state index in [4.69, 9.17) is 14.0 Å². The van der Waals surface area contributed by atoms with E-state index in [1.165, 1.54) is 0 Å². The van der Waals surface area contributed by atoms with Gasteiger partial charge in [-0.15, -0.1) is 10.2 Å². The summed E-state index contributed by atoms with van der Waals surface area (Å²) >= 11 is 0. The molecule has 0 unspecified atom stereocenters. The van der Waals surface area contributed by atoms with Crippen LogP contribution in [0.2, 0.25) is 0 Å². The van der Waals surface area contributed by atoms with Crippen molar-refractivity contribution >= 4 is 17.5 Å². The van der Waals surface area contributed by atoms with Crippen LogP contribution >= 0.6 is 0 Å². The Morgan fingerprint density at radius 3 is 2.17 bits per heavy atom. The van der Waals surface area contributed by atoms with Gasteiger partial charge in [-0.05, 0) is 73.8 Å². The van der Waals surface area contributed by atoms with Gasteiger partial charge < -0.3 is 14.0 Å². The van der Waals surface area contributed by atoms with E-state index < -0.39 is 69.5 Å². The fourth-order valence-corrected chi connectivity index (χ4v) is 4.06. The predicted octanol–water partition coefficient (Wildman–Crippen LogP) is 8.19. The Balaban J connectivity index is 2.34. The van der Waals surface area contributed by atoms with Gasteiger partial charge in [0.2, 0.25) is 5.89 Å². The standard InChI is InChI=1S/C27H35F6N5O4/c1-23(2,3)41-22(39)34-17-14-15(26(28,29)30)18-16(38-42-24(4,5)6)12-10-8-9-11-13-25(7,27(31,32)33)21-37-36-20(40-21)19(17)35-18/h14H,8-13H2,1-7H3,(H,34,39)/t25-/m0/s1. The van der Waals surface area contributed by atoms with Crippen molar-refractivity contribution in [2.45, 2.75) is 116 Å². The number of nitrogens with one attached hydrogen (secondary N) is 1. The smallest absolute Gasteiger partial charge is 0.418 e. The first-order chi connectivity index (χ1) is 19.1. The molecule has 0 fully saturated rings. The van der Waals surface area contributed by atoms with Crippen LogP contribution in [0.25, 0.3) is 11.6 Å². The number of ether oxygens (including phenoxy) is 1.